The Bertz CT molecular complexity index is 297. The summed E-state index contributed by atoms with van der Waals surface area (Å²) >= 11 is 1.80. The van der Waals surface area contributed by atoms with E-state index in [1.54, 1.807) is 11.3 Å². The Morgan fingerprint density at radius 2 is 2.44 bits per heavy atom. The van der Waals surface area contributed by atoms with Crippen molar-refractivity contribution in [2.45, 2.75) is 38.8 Å². The third-order valence-corrected chi connectivity index (χ3v) is 4.20. The van der Waals surface area contributed by atoms with Crippen molar-refractivity contribution >= 4 is 11.3 Å². The summed E-state index contributed by atoms with van der Waals surface area (Å²) in [6.07, 6.45) is 2.45. The molecule has 2 rings (SSSR count). The molecule has 1 aliphatic heterocycles. The zero-order chi connectivity index (χ0) is 11.4. The van der Waals surface area contributed by atoms with Crippen LogP contribution in [0.3, 0.4) is 0 Å². The largest absolute Gasteiger partial charge is 0.311 e. The molecule has 1 aromatic heterocycles. The summed E-state index contributed by atoms with van der Waals surface area (Å²) in [4.78, 5) is 2.65. The fourth-order valence-corrected chi connectivity index (χ4v) is 3.12. The number of hydrogen-bond acceptors (Lipinski definition) is 3. The van der Waals surface area contributed by atoms with Crippen LogP contribution in [0.4, 0.5) is 0 Å². The molecule has 0 radical (unpaired) electrons. The minimum absolute atomic E-state index is 0.644. The van der Waals surface area contributed by atoms with Crippen molar-refractivity contribution in [3.8, 4) is 0 Å². The van der Waals surface area contributed by atoms with Gasteiger partial charge in [-0.25, -0.2) is 0 Å². The SMILES string of the molecule is CCC1CNC(C)CN1CCc1ccsc1. The molecular formula is C13H22N2S. The lowest BCUT2D eigenvalue weighted by atomic mass is 10.1. The first-order valence-corrected chi connectivity index (χ1v) is 7.22. The van der Waals surface area contributed by atoms with E-state index in [1.165, 1.54) is 31.5 Å². The highest BCUT2D eigenvalue weighted by molar-refractivity contribution is 7.07. The molecule has 1 fully saturated rings. The van der Waals surface area contributed by atoms with Gasteiger partial charge in [0, 0.05) is 31.7 Å². The summed E-state index contributed by atoms with van der Waals surface area (Å²) in [6.45, 7) is 8.13. The predicted octanol–water partition coefficient (Wildman–Crippen LogP) is 2.36. The first kappa shape index (κ1) is 12.1. The Morgan fingerprint density at radius 1 is 1.56 bits per heavy atom. The van der Waals surface area contributed by atoms with Gasteiger partial charge in [0.2, 0.25) is 0 Å². The van der Waals surface area contributed by atoms with Crippen LogP contribution in [0.25, 0.3) is 0 Å². The second-order valence-corrected chi connectivity index (χ2v) is 5.53. The quantitative estimate of drug-likeness (QED) is 0.866. The van der Waals surface area contributed by atoms with Crippen LogP contribution in [-0.2, 0) is 6.42 Å². The van der Waals surface area contributed by atoms with Gasteiger partial charge in [-0.3, -0.25) is 4.90 Å². The molecule has 16 heavy (non-hydrogen) atoms. The van der Waals surface area contributed by atoms with E-state index in [0.29, 0.717) is 6.04 Å². The van der Waals surface area contributed by atoms with Gasteiger partial charge in [0.1, 0.15) is 0 Å². The van der Waals surface area contributed by atoms with E-state index in [2.05, 4.69) is 40.9 Å². The van der Waals surface area contributed by atoms with Crippen molar-refractivity contribution in [3.63, 3.8) is 0 Å². The van der Waals surface area contributed by atoms with Crippen molar-refractivity contribution in [1.29, 1.82) is 0 Å². The molecule has 2 heterocycles. The lowest BCUT2D eigenvalue weighted by Crippen LogP contribution is -2.55. The Hall–Kier alpha value is -0.380. The summed E-state index contributed by atoms with van der Waals surface area (Å²) in [7, 11) is 0. The van der Waals surface area contributed by atoms with Crippen molar-refractivity contribution in [2.75, 3.05) is 19.6 Å². The summed E-state index contributed by atoms with van der Waals surface area (Å²) in [6, 6.07) is 3.62. The molecular weight excluding hydrogens is 216 g/mol. The molecule has 0 bridgehead atoms. The molecule has 1 saturated heterocycles. The molecule has 1 aromatic rings. The van der Waals surface area contributed by atoms with E-state index in [1.807, 2.05) is 0 Å². The Kier molecular flexibility index (Phi) is 4.38. The molecule has 2 nitrogen and oxygen atoms in total. The first-order valence-electron chi connectivity index (χ1n) is 6.28. The monoisotopic (exact) mass is 238 g/mol. The van der Waals surface area contributed by atoms with E-state index in [4.69, 9.17) is 0 Å². The third kappa shape index (κ3) is 3.06. The lowest BCUT2D eigenvalue weighted by molar-refractivity contribution is 0.133. The van der Waals surface area contributed by atoms with E-state index < -0.39 is 0 Å². The molecule has 3 heteroatoms. The van der Waals surface area contributed by atoms with Gasteiger partial charge in [0.05, 0.1) is 0 Å². The topological polar surface area (TPSA) is 15.3 Å². The van der Waals surface area contributed by atoms with Crippen LogP contribution >= 0.6 is 11.3 Å². The van der Waals surface area contributed by atoms with Gasteiger partial charge in [0.25, 0.3) is 0 Å². The lowest BCUT2D eigenvalue weighted by Gasteiger charge is -2.39. The van der Waals surface area contributed by atoms with Crippen LogP contribution in [0.2, 0.25) is 0 Å². The molecule has 0 spiro atoms. The standard InChI is InChI=1S/C13H22N2S/c1-3-13-8-14-11(2)9-15(13)6-4-12-5-7-16-10-12/h5,7,10-11,13-14H,3-4,6,8-9H2,1-2H3. The van der Waals surface area contributed by atoms with Crippen molar-refractivity contribution in [3.05, 3.63) is 22.4 Å². The van der Waals surface area contributed by atoms with Crippen LogP contribution in [0.1, 0.15) is 25.8 Å². The van der Waals surface area contributed by atoms with Gasteiger partial charge < -0.3 is 5.32 Å². The van der Waals surface area contributed by atoms with E-state index in [0.717, 1.165) is 12.6 Å². The molecule has 1 N–H and O–H groups in total. The van der Waals surface area contributed by atoms with Crippen molar-refractivity contribution in [2.24, 2.45) is 0 Å². The minimum atomic E-state index is 0.644. The minimum Gasteiger partial charge on any atom is -0.311 e. The van der Waals surface area contributed by atoms with E-state index in [-0.39, 0.29) is 0 Å². The average molecular weight is 238 g/mol. The molecule has 0 aromatic carbocycles. The Labute approximate surface area is 103 Å². The Balaban J connectivity index is 1.85. The van der Waals surface area contributed by atoms with E-state index in [9.17, 15) is 0 Å². The molecule has 1 aliphatic rings. The van der Waals surface area contributed by atoms with Gasteiger partial charge in [-0.05, 0) is 42.2 Å². The second-order valence-electron chi connectivity index (χ2n) is 4.75. The third-order valence-electron chi connectivity index (χ3n) is 3.47. The number of piperazine rings is 1. The van der Waals surface area contributed by atoms with Gasteiger partial charge in [-0.1, -0.05) is 6.92 Å². The van der Waals surface area contributed by atoms with Gasteiger partial charge in [-0.2, -0.15) is 11.3 Å². The smallest absolute Gasteiger partial charge is 0.0218 e. The first-order chi connectivity index (χ1) is 7.79. The number of hydrogen-bond donors (Lipinski definition) is 1. The highest BCUT2D eigenvalue weighted by atomic mass is 32.1. The van der Waals surface area contributed by atoms with Crippen LogP contribution in [0, 0.1) is 0 Å². The maximum atomic E-state index is 3.57. The molecule has 90 valence electrons. The van der Waals surface area contributed by atoms with Gasteiger partial charge in [0.15, 0.2) is 0 Å². The molecule has 2 unspecified atom stereocenters. The summed E-state index contributed by atoms with van der Waals surface area (Å²) in [5.41, 5.74) is 1.49. The maximum absolute atomic E-state index is 3.57. The fraction of sp³-hybridized carbons (Fsp3) is 0.692. The summed E-state index contributed by atoms with van der Waals surface area (Å²) in [5, 5.41) is 8.01. The highest BCUT2D eigenvalue weighted by Gasteiger charge is 2.23. The molecule has 0 aliphatic carbocycles. The van der Waals surface area contributed by atoms with E-state index >= 15 is 0 Å². The zero-order valence-corrected chi connectivity index (χ0v) is 11.1. The number of nitrogens with zero attached hydrogens (tertiary/aromatic N) is 1. The van der Waals surface area contributed by atoms with Crippen LogP contribution < -0.4 is 5.32 Å². The van der Waals surface area contributed by atoms with Crippen LogP contribution in [0.5, 0.6) is 0 Å². The molecule has 0 amide bonds. The molecule has 0 saturated carbocycles. The predicted molar refractivity (Wildman–Crippen MR) is 71.1 cm³/mol. The van der Waals surface area contributed by atoms with Crippen LogP contribution in [0.15, 0.2) is 16.8 Å². The van der Waals surface area contributed by atoms with Crippen molar-refractivity contribution < 1.29 is 0 Å². The van der Waals surface area contributed by atoms with Crippen LogP contribution in [-0.4, -0.2) is 36.6 Å². The number of nitrogens with one attached hydrogen (secondary N) is 1. The maximum Gasteiger partial charge on any atom is 0.0218 e. The highest BCUT2D eigenvalue weighted by Crippen LogP contribution is 2.13. The zero-order valence-electron chi connectivity index (χ0n) is 10.3. The van der Waals surface area contributed by atoms with Gasteiger partial charge in [-0.15, -0.1) is 0 Å². The Morgan fingerprint density at radius 3 is 3.12 bits per heavy atom. The second kappa shape index (κ2) is 5.80. The molecule has 2 atom stereocenters. The normalized spacial score (nSPS) is 27.1. The fourth-order valence-electron chi connectivity index (χ4n) is 2.42. The number of thiophene rings is 1. The number of rotatable bonds is 4. The van der Waals surface area contributed by atoms with Gasteiger partial charge >= 0.3 is 0 Å². The average Bonchev–Trinajstić information content (AvgIpc) is 2.79. The summed E-state index contributed by atoms with van der Waals surface area (Å²) in [5.74, 6) is 0. The summed E-state index contributed by atoms with van der Waals surface area (Å²) < 4.78 is 0. The van der Waals surface area contributed by atoms with Crippen molar-refractivity contribution in [1.82, 2.24) is 10.2 Å².